The minimum Gasteiger partial charge on any atom is -0.456 e. The standard InChI is InChI=1S/C51H32N4O/c1-4-15-33(16-5-1)38-29-28-37(51-53-49(34-17-6-2-7-18-34)52-50(54-51)35-19-8-3-9-20-35)32-44(38)55-43-24-12-10-21-40(43)41-30-27-36(31-45(41)55)39-23-14-26-47-48(39)42-22-11-13-25-46(42)56-47/h1-32H. The molecule has 0 saturated heterocycles. The smallest absolute Gasteiger partial charge is 0.164 e. The van der Waals surface area contributed by atoms with E-state index in [0.29, 0.717) is 17.5 Å². The molecule has 3 heterocycles. The third kappa shape index (κ3) is 5.29. The number of aromatic nitrogens is 4. The molecule has 8 aromatic carbocycles. The van der Waals surface area contributed by atoms with E-state index in [-0.39, 0.29) is 0 Å². The summed E-state index contributed by atoms with van der Waals surface area (Å²) in [6.45, 7) is 0. The van der Waals surface area contributed by atoms with Gasteiger partial charge in [-0.2, -0.15) is 0 Å². The van der Waals surface area contributed by atoms with Gasteiger partial charge in [0, 0.05) is 43.8 Å². The first-order valence-electron chi connectivity index (χ1n) is 18.8. The number of hydrogen-bond acceptors (Lipinski definition) is 4. The van der Waals surface area contributed by atoms with Gasteiger partial charge in [-0.05, 0) is 47.0 Å². The topological polar surface area (TPSA) is 56.7 Å². The first kappa shape index (κ1) is 31.9. The number of fused-ring (bicyclic) bond motifs is 6. The molecule has 262 valence electrons. The van der Waals surface area contributed by atoms with Crippen LogP contribution in [0.5, 0.6) is 0 Å². The molecule has 0 radical (unpaired) electrons. The van der Waals surface area contributed by atoms with Crippen LogP contribution < -0.4 is 0 Å². The molecule has 0 saturated carbocycles. The van der Waals surface area contributed by atoms with Crippen molar-refractivity contribution in [2.75, 3.05) is 0 Å². The maximum absolute atomic E-state index is 6.31. The summed E-state index contributed by atoms with van der Waals surface area (Å²) in [5, 5.41) is 4.59. The number of furan rings is 1. The molecule has 11 rings (SSSR count). The van der Waals surface area contributed by atoms with Gasteiger partial charge >= 0.3 is 0 Å². The number of benzene rings is 8. The second kappa shape index (κ2) is 13.0. The van der Waals surface area contributed by atoms with Crippen LogP contribution in [0.15, 0.2) is 199 Å². The third-order valence-electron chi connectivity index (χ3n) is 10.7. The fourth-order valence-corrected chi connectivity index (χ4v) is 8.07. The Balaban J connectivity index is 1.18. The van der Waals surface area contributed by atoms with Crippen molar-refractivity contribution in [2.45, 2.75) is 0 Å². The quantitative estimate of drug-likeness (QED) is 0.172. The molecule has 0 aliphatic rings. The molecule has 0 aliphatic carbocycles. The summed E-state index contributed by atoms with van der Waals surface area (Å²) in [5.74, 6) is 1.87. The average molecular weight is 717 g/mol. The highest BCUT2D eigenvalue weighted by Crippen LogP contribution is 2.42. The lowest BCUT2D eigenvalue weighted by Crippen LogP contribution is -2.02. The van der Waals surface area contributed by atoms with E-state index >= 15 is 0 Å². The second-order valence-corrected chi connectivity index (χ2v) is 14.0. The van der Waals surface area contributed by atoms with Crippen LogP contribution in [-0.2, 0) is 0 Å². The molecular weight excluding hydrogens is 685 g/mol. The molecule has 0 amide bonds. The number of para-hydroxylation sites is 2. The summed E-state index contributed by atoms with van der Waals surface area (Å²) in [6, 6.07) is 67.5. The van der Waals surface area contributed by atoms with Gasteiger partial charge in [-0.25, -0.2) is 15.0 Å². The molecule has 5 heteroatoms. The fourth-order valence-electron chi connectivity index (χ4n) is 8.07. The van der Waals surface area contributed by atoms with Crippen molar-refractivity contribution in [2.24, 2.45) is 0 Å². The van der Waals surface area contributed by atoms with Gasteiger partial charge in [0.1, 0.15) is 11.2 Å². The Bertz CT molecular complexity index is 3180. The van der Waals surface area contributed by atoms with Gasteiger partial charge in [-0.3, -0.25) is 0 Å². The van der Waals surface area contributed by atoms with Gasteiger partial charge in [0.2, 0.25) is 0 Å². The van der Waals surface area contributed by atoms with Crippen molar-refractivity contribution in [3.63, 3.8) is 0 Å². The fraction of sp³-hybridized carbons (Fsp3) is 0. The highest BCUT2D eigenvalue weighted by atomic mass is 16.3. The van der Waals surface area contributed by atoms with E-state index in [1.165, 1.54) is 10.8 Å². The van der Waals surface area contributed by atoms with Crippen molar-refractivity contribution in [3.05, 3.63) is 194 Å². The Hall–Kier alpha value is -7.63. The largest absolute Gasteiger partial charge is 0.456 e. The molecular formula is C51H32N4O. The van der Waals surface area contributed by atoms with Crippen molar-refractivity contribution >= 4 is 43.7 Å². The van der Waals surface area contributed by atoms with Crippen molar-refractivity contribution < 1.29 is 4.42 Å². The molecule has 0 spiro atoms. The van der Waals surface area contributed by atoms with Crippen LogP contribution in [0.1, 0.15) is 0 Å². The Kier molecular flexibility index (Phi) is 7.42. The monoisotopic (exact) mass is 716 g/mol. The number of nitrogens with zero attached hydrogens (tertiary/aromatic N) is 4. The Morgan fingerprint density at radius 2 is 0.893 bits per heavy atom. The SMILES string of the molecule is c1ccc(-c2nc(-c3ccccc3)nc(-c3ccc(-c4ccccc4)c(-n4c5ccccc5c5ccc(-c6cccc7oc8ccccc8c67)cc54)c3)n2)cc1. The van der Waals surface area contributed by atoms with Crippen molar-refractivity contribution in [3.8, 4) is 62.1 Å². The highest BCUT2D eigenvalue weighted by Gasteiger charge is 2.20. The van der Waals surface area contributed by atoms with E-state index in [2.05, 4.69) is 126 Å². The zero-order valence-electron chi connectivity index (χ0n) is 30.2. The lowest BCUT2D eigenvalue weighted by molar-refractivity contribution is 0.669. The zero-order chi connectivity index (χ0) is 37.0. The van der Waals surface area contributed by atoms with E-state index in [9.17, 15) is 0 Å². The predicted octanol–water partition coefficient (Wildman–Crippen LogP) is 13.2. The minimum atomic E-state index is 0.610. The minimum absolute atomic E-state index is 0.610. The van der Waals surface area contributed by atoms with Gasteiger partial charge in [-0.15, -0.1) is 0 Å². The molecule has 0 fully saturated rings. The van der Waals surface area contributed by atoms with Gasteiger partial charge in [-0.1, -0.05) is 164 Å². The third-order valence-corrected chi connectivity index (χ3v) is 10.7. The summed E-state index contributed by atoms with van der Waals surface area (Å²) in [4.78, 5) is 15.2. The normalized spacial score (nSPS) is 11.6. The summed E-state index contributed by atoms with van der Waals surface area (Å²) < 4.78 is 8.72. The highest BCUT2D eigenvalue weighted by molar-refractivity contribution is 6.15. The maximum Gasteiger partial charge on any atom is 0.164 e. The van der Waals surface area contributed by atoms with E-state index in [0.717, 1.165) is 77.6 Å². The van der Waals surface area contributed by atoms with E-state index in [4.69, 9.17) is 19.4 Å². The van der Waals surface area contributed by atoms with E-state index < -0.39 is 0 Å². The summed E-state index contributed by atoms with van der Waals surface area (Å²) in [6.07, 6.45) is 0. The number of rotatable bonds is 6. The summed E-state index contributed by atoms with van der Waals surface area (Å²) >= 11 is 0. The second-order valence-electron chi connectivity index (χ2n) is 14.0. The van der Waals surface area contributed by atoms with Gasteiger partial charge in [0.25, 0.3) is 0 Å². The lowest BCUT2D eigenvalue weighted by atomic mass is 9.98. The molecule has 56 heavy (non-hydrogen) atoms. The molecule has 11 aromatic rings. The van der Waals surface area contributed by atoms with Crippen molar-refractivity contribution in [1.29, 1.82) is 0 Å². The Morgan fingerprint density at radius 3 is 1.61 bits per heavy atom. The maximum atomic E-state index is 6.31. The van der Waals surface area contributed by atoms with Crippen LogP contribution in [0.4, 0.5) is 0 Å². The summed E-state index contributed by atoms with van der Waals surface area (Å²) in [7, 11) is 0. The molecule has 3 aromatic heterocycles. The Labute approximate surface area is 322 Å². The van der Waals surface area contributed by atoms with Crippen LogP contribution in [-0.4, -0.2) is 19.5 Å². The van der Waals surface area contributed by atoms with Gasteiger partial charge < -0.3 is 8.98 Å². The first-order chi connectivity index (χ1) is 27.8. The van der Waals surface area contributed by atoms with Crippen LogP contribution >= 0.6 is 0 Å². The van der Waals surface area contributed by atoms with Gasteiger partial charge in [0.15, 0.2) is 17.5 Å². The summed E-state index contributed by atoms with van der Waals surface area (Å²) in [5.41, 5.74) is 12.3. The van der Waals surface area contributed by atoms with Crippen LogP contribution in [0, 0.1) is 0 Å². The van der Waals surface area contributed by atoms with E-state index in [1.807, 2.05) is 72.8 Å². The first-order valence-corrected chi connectivity index (χ1v) is 18.8. The molecule has 0 bridgehead atoms. The molecule has 5 nitrogen and oxygen atoms in total. The molecule has 0 aliphatic heterocycles. The lowest BCUT2D eigenvalue weighted by Gasteiger charge is -2.17. The van der Waals surface area contributed by atoms with Crippen LogP contribution in [0.2, 0.25) is 0 Å². The number of hydrogen-bond donors (Lipinski definition) is 0. The zero-order valence-corrected chi connectivity index (χ0v) is 30.2. The average Bonchev–Trinajstić information content (AvgIpc) is 3.82. The van der Waals surface area contributed by atoms with Crippen LogP contribution in [0.25, 0.3) is 106 Å². The van der Waals surface area contributed by atoms with Crippen molar-refractivity contribution in [1.82, 2.24) is 19.5 Å². The molecule has 0 N–H and O–H groups in total. The molecule has 0 atom stereocenters. The van der Waals surface area contributed by atoms with Crippen LogP contribution in [0.3, 0.4) is 0 Å². The van der Waals surface area contributed by atoms with Gasteiger partial charge in [0.05, 0.1) is 16.7 Å². The predicted molar refractivity (Wildman–Crippen MR) is 229 cm³/mol. The van der Waals surface area contributed by atoms with E-state index in [1.54, 1.807) is 0 Å². The Morgan fingerprint density at radius 1 is 0.339 bits per heavy atom. The molecule has 0 unspecified atom stereocenters.